The van der Waals surface area contributed by atoms with Crippen molar-refractivity contribution in [3.05, 3.63) is 0 Å². The Hall–Kier alpha value is -1.18. The maximum atomic E-state index is 11.6. The summed E-state index contributed by atoms with van der Waals surface area (Å²) in [5.74, 6) is -2.33. The van der Waals surface area contributed by atoms with Crippen molar-refractivity contribution >= 4 is 11.9 Å². The van der Waals surface area contributed by atoms with Gasteiger partial charge in [0.25, 0.3) is 5.79 Å². The fourth-order valence-electron chi connectivity index (χ4n) is 1.92. The Bertz CT molecular complexity index is 364. The number of ether oxygens (including phenoxy) is 3. The first-order chi connectivity index (χ1) is 9.22. The highest BCUT2D eigenvalue weighted by atomic mass is 16.8. The average molecular weight is 289 g/mol. The molecule has 0 aliphatic carbocycles. The van der Waals surface area contributed by atoms with Crippen molar-refractivity contribution in [3.8, 4) is 0 Å². The van der Waals surface area contributed by atoms with Crippen molar-refractivity contribution in [1.29, 1.82) is 0 Å². The lowest BCUT2D eigenvalue weighted by atomic mass is 10.0. The summed E-state index contributed by atoms with van der Waals surface area (Å²) < 4.78 is 15.0. The van der Waals surface area contributed by atoms with Crippen LogP contribution in [-0.4, -0.2) is 43.6 Å². The number of hydroxylamine groups is 1. The highest BCUT2D eigenvalue weighted by molar-refractivity contribution is 5.78. The van der Waals surface area contributed by atoms with E-state index in [1.54, 1.807) is 0 Å². The highest BCUT2D eigenvalue weighted by Crippen LogP contribution is 2.28. The number of nitrogens with one attached hydrogen (secondary N) is 1. The van der Waals surface area contributed by atoms with Crippen LogP contribution < -0.4 is 5.48 Å². The van der Waals surface area contributed by atoms with Crippen LogP contribution in [-0.2, 0) is 28.6 Å². The van der Waals surface area contributed by atoms with Crippen LogP contribution in [0, 0.1) is 0 Å². The predicted octanol–water partition coefficient (Wildman–Crippen LogP) is 0.917. The van der Waals surface area contributed by atoms with Crippen molar-refractivity contribution in [2.45, 2.75) is 57.5 Å². The number of rotatable bonds is 5. The molecule has 1 rings (SSSR count). The Morgan fingerprint density at radius 3 is 2.50 bits per heavy atom. The van der Waals surface area contributed by atoms with Gasteiger partial charge in [-0.25, -0.2) is 4.79 Å². The van der Waals surface area contributed by atoms with Crippen LogP contribution in [0.2, 0.25) is 0 Å². The van der Waals surface area contributed by atoms with E-state index in [1.807, 2.05) is 20.8 Å². The Balaban J connectivity index is 2.45. The van der Waals surface area contributed by atoms with Crippen molar-refractivity contribution in [3.63, 3.8) is 0 Å². The van der Waals surface area contributed by atoms with Crippen LogP contribution in [0.25, 0.3) is 0 Å². The molecule has 7 heteroatoms. The molecule has 0 aromatic heterocycles. The van der Waals surface area contributed by atoms with Crippen molar-refractivity contribution in [2.75, 3.05) is 14.2 Å². The van der Waals surface area contributed by atoms with Gasteiger partial charge in [-0.3, -0.25) is 9.63 Å². The SMILES string of the molecule is COC(=O)C1(OC)C[C@@H](CCC(=O)OC(C)(C)C)NO1. The summed E-state index contributed by atoms with van der Waals surface area (Å²) in [4.78, 5) is 28.4. The molecule has 1 heterocycles. The van der Waals surface area contributed by atoms with Crippen LogP contribution in [0.3, 0.4) is 0 Å². The molecule has 0 amide bonds. The van der Waals surface area contributed by atoms with Crippen molar-refractivity contribution < 1.29 is 28.6 Å². The molecule has 1 unspecified atom stereocenters. The van der Waals surface area contributed by atoms with E-state index < -0.39 is 17.4 Å². The Labute approximate surface area is 118 Å². The number of methoxy groups -OCH3 is 2. The molecule has 0 aromatic carbocycles. The zero-order valence-electron chi connectivity index (χ0n) is 12.6. The van der Waals surface area contributed by atoms with E-state index in [4.69, 9.17) is 14.3 Å². The normalized spacial score (nSPS) is 26.4. The summed E-state index contributed by atoms with van der Waals surface area (Å²) in [7, 11) is 2.63. The molecule has 0 radical (unpaired) electrons. The first kappa shape index (κ1) is 16.9. The monoisotopic (exact) mass is 289 g/mol. The molecule has 0 saturated carbocycles. The molecule has 1 saturated heterocycles. The molecule has 1 N–H and O–H groups in total. The Kier molecular flexibility index (Phi) is 5.50. The molecule has 1 aliphatic heterocycles. The third-order valence-electron chi connectivity index (χ3n) is 2.85. The summed E-state index contributed by atoms with van der Waals surface area (Å²) >= 11 is 0. The van der Waals surface area contributed by atoms with Gasteiger partial charge >= 0.3 is 11.9 Å². The van der Waals surface area contributed by atoms with Crippen LogP contribution in [0.15, 0.2) is 0 Å². The van der Waals surface area contributed by atoms with Crippen LogP contribution in [0.4, 0.5) is 0 Å². The maximum Gasteiger partial charge on any atom is 0.368 e. The van der Waals surface area contributed by atoms with Gasteiger partial charge in [-0.05, 0) is 27.2 Å². The minimum absolute atomic E-state index is 0.179. The first-order valence-corrected chi connectivity index (χ1v) is 6.51. The minimum atomic E-state index is -1.44. The summed E-state index contributed by atoms with van der Waals surface area (Å²) in [6.45, 7) is 5.44. The number of hydrogen-bond donors (Lipinski definition) is 1. The van der Waals surface area contributed by atoms with E-state index >= 15 is 0 Å². The lowest BCUT2D eigenvalue weighted by Crippen LogP contribution is -2.42. The van der Waals surface area contributed by atoms with Gasteiger partial charge < -0.3 is 14.2 Å². The highest BCUT2D eigenvalue weighted by Gasteiger charge is 2.49. The molecular weight excluding hydrogens is 266 g/mol. The topological polar surface area (TPSA) is 83.1 Å². The lowest BCUT2D eigenvalue weighted by Gasteiger charge is -2.21. The number of hydrogen-bond acceptors (Lipinski definition) is 7. The smallest absolute Gasteiger partial charge is 0.368 e. The number of carbonyl (C=O) groups is 2. The van der Waals surface area contributed by atoms with Gasteiger partial charge in [0.2, 0.25) is 0 Å². The first-order valence-electron chi connectivity index (χ1n) is 6.51. The standard InChI is InChI=1S/C13H23NO6/c1-12(2,3)19-10(15)7-6-9-8-13(18-5,20-14-9)11(16)17-4/h9,14H,6-8H2,1-5H3/t9-,13?/m1/s1. The number of esters is 2. The average Bonchev–Trinajstić information content (AvgIpc) is 2.78. The van der Waals surface area contributed by atoms with Crippen molar-refractivity contribution in [1.82, 2.24) is 5.48 Å². The third kappa shape index (κ3) is 4.43. The molecule has 7 nitrogen and oxygen atoms in total. The second-order valence-corrected chi connectivity index (χ2v) is 5.69. The van der Waals surface area contributed by atoms with E-state index in [1.165, 1.54) is 14.2 Å². The van der Waals surface area contributed by atoms with E-state index in [-0.39, 0.29) is 24.9 Å². The quantitative estimate of drug-likeness (QED) is 0.753. The van der Waals surface area contributed by atoms with Gasteiger partial charge in [-0.2, -0.15) is 5.48 Å². The summed E-state index contributed by atoms with van der Waals surface area (Å²) in [5, 5.41) is 0. The van der Waals surface area contributed by atoms with Crippen LogP contribution >= 0.6 is 0 Å². The zero-order chi connectivity index (χ0) is 15.4. The van der Waals surface area contributed by atoms with E-state index in [0.717, 1.165) is 0 Å². The summed E-state index contributed by atoms with van der Waals surface area (Å²) in [5.41, 5.74) is 2.20. The van der Waals surface area contributed by atoms with Gasteiger partial charge in [0.05, 0.1) is 7.11 Å². The van der Waals surface area contributed by atoms with Gasteiger partial charge in [-0.15, -0.1) is 0 Å². The lowest BCUT2D eigenvalue weighted by molar-refractivity contribution is -0.235. The van der Waals surface area contributed by atoms with Crippen LogP contribution in [0.5, 0.6) is 0 Å². The molecule has 1 aliphatic rings. The fourth-order valence-corrected chi connectivity index (χ4v) is 1.92. The molecule has 0 aromatic rings. The van der Waals surface area contributed by atoms with Gasteiger partial charge in [0, 0.05) is 26.0 Å². The van der Waals surface area contributed by atoms with Gasteiger partial charge in [-0.1, -0.05) is 0 Å². The Morgan fingerprint density at radius 2 is 2.00 bits per heavy atom. The second-order valence-electron chi connectivity index (χ2n) is 5.69. The fraction of sp³-hybridized carbons (Fsp3) is 0.846. The zero-order valence-corrected chi connectivity index (χ0v) is 12.6. The molecule has 0 spiro atoms. The van der Waals surface area contributed by atoms with Crippen LogP contribution in [0.1, 0.15) is 40.0 Å². The summed E-state index contributed by atoms with van der Waals surface area (Å²) in [6.07, 6.45) is 0.995. The van der Waals surface area contributed by atoms with Crippen molar-refractivity contribution in [2.24, 2.45) is 0 Å². The molecule has 0 bridgehead atoms. The number of carbonyl (C=O) groups excluding carboxylic acids is 2. The predicted molar refractivity (Wildman–Crippen MR) is 69.5 cm³/mol. The summed E-state index contributed by atoms with van der Waals surface area (Å²) in [6, 6.07) is -0.179. The molecular formula is C13H23NO6. The van der Waals surface area contributed by atoms with E-state index in [2.05, 4.69) is 10.2 Å². The second kappa shape index (κ2) is 6.51. The van der Waals surface area contributed by atoms with E-state index in [0.29, 0.717) is 6.42 Å². The molecule has 1 fully saturated rings. The van der Waals surface area contributed by atoms with E-state index in [9.17, 15) is 9.59 Å². The molecule has 20 heavy (non-hydrogen) atoms. The van der Waals surface area contributed by atoms with Gasteiger partial charge in [0.1, 0.15) is 5.60 Å². The minimum Gasteiger partial charge on any atom is -0.465 e. The molecule has 116 valence electrons. The Morgan fingerprint density at radius 1 is 1.35 bits per heavy atom. The van der Waals surface area contributed by atoms with Gasteiger partial charge in [0.15, 0.2) is 0 Å². The largest absolute Gasteiger partial charge is 0.465 e. The maximum absolute atomic E-state index is 11.6. The third-order valence-corrected chi connectivity index (χ3v) is 2.85. The molecule has 2 atom stereocenters.